The van der Waals surface area contributed by atoms with Crippen molar-refractivity contribution in [3.63, 3.8) is 0 Å². The van der Waals surface area contributed by atoms with E-state index in [-0.39, 0.29) is 25.4 Å². The number of nitrogens with zero attached hydrogens (tertiary/aromatic N) is 3. The highest BCUT2D eigenvalue weighted by molar-refractivity contribution is 5.85. The number of aryl methyl sites for hydroxylation is 1. The third-order valence-corrected chi connectivity index (χ3v) is 4.80. The molecule has 9 heteroatoms. The molecule has 2 N–H and O–H groups in total. The molecule has 0 bridgehead atoms. The fourth-order valence-corrected chi connectivity index (χ4v) is 3.15. The van der Waals surface area contributed by atoms with Crippen molar-refractivity contribution >= 4 is 17.8 Å². The first kappa shape index (κ1) is 23.1. The summed E-state index contributed by atoms with van der Waals surface area (Å²) < 4.78 is 4.84. The molecular formula is C21H28N4O5. The van der Waals surface area contributed by atoms with Crippen LogP contribution in [0.4, 0.5) is 0 Å². The largest absolute Gasteiger partial charge is 0.480 e. The van der Waals surface area contributed by atoms with Gasteiger partial charge in [0.2, 0.25) is 5.91 Å². The van der Waals surface area contributed by atoms with Gasteiger partial charge in [0.15, 0.2) is 0 Å². The summed E-state index contributed by atoms with van der Waals surface area (Å²) in [6.45, 7) is 0.0933. The van der Waals surface area contributed by atoms with Crippen molar-refractivity contribution in [2.45, 2.75) is 25.3 Å². The van der Waals surface area contributed by atoms with Crippen LogP contribution in [0.1, 0.15) is 17.7 Å². The van der Waals surface area contributed by atoms with Crippen LogP contribution in [0.3, 0.4) is 0 Å². The number of benzene rings is 1. The summed E-state index contributed by atoms with van der Waals surface area (Å²) in [6.07, 6.45) is 4.79. The van der Waals surface area contributed by atoms with E-state index in [1.54, 1.807) is 11.1 Å². The second-order valence-electron chi connectivity index (χ2n) is 7.02. The van der Waals surface area contributed by atoms with Gasteiger partial charge in [0.05, 0.1) is 26.5 Å². The Hall–Kier alpha value is -3.20. The van der Waals surface area contributed by atoms with Crippen molar-refractivity contribution in [3.05, 3.63) is 54.1 Å². The summed E-state index contributed by atoms with van der Waals surface area (Å²) in [5.41, 5.74) is 1.84. The van der Waals surface area contributed by atoms with Gasteiger partial charge in [-0.15, -0.1) is 0 Å². The van der Waals surface area contributed by atoms with Gasteiger partial charge in [-0.25, -0.2) is 9.78 Å². The van der Waals surface area contributed by atoms with Crippen LogP contribution in [0.2, 0.25) is 0 Å². The molecule has 1 heterocycles. The monoisotopic (exact) mass is 416 g/mol. The molecule has 0 radical (unpaired) electrons. The molecule has 0 fully saturated rings. The number of carboxylic acids is 1. The number of H-pyrrole nitrogens is 1. The van der Waals surface area contributed by atoms with E-state index in [4.69, 9.17) is 4.74 Å². The van der Waals surface area contributed by atoms with Crippen LogP contribution in [-0.2, 0) is 32.0 Å². The number of carboxylic acid groups (broad SMARTS) is 1. The molecule has 0 spiro atoms. The Morgan fingerprint density at radius 2 is 1.93 bits per heavy atom. The zero-order valence-electron chi connectivity index (χ0n) is 17.3. The summed E-state index contributed by atoms with van der Waals surface area (Å²) in [6, 6.07) is 9.04. The fraction of sp³-hybridized carbons (Fsp3) is 0.429. The van der Waals surface area contributed by atoms with Gasteiger partial charge in [-0.1, -0.05) is 30.3 Å². The summed E-state index contributed by atoms with van der Waals surface area (Å²) in [5.74, 6) is -1.91. The first-order chi connectivity index (χ1) is 14.4. The van der Waals surface area contributed by atoms with E-state index in [1.807, 2.05) is 30.3 Å². The van der Waals surface area contributed by atoms with Gasteiger partial charge in [0, 0.05) is 25.4 Å². The number of methoxy groups -OCH3 is 1. The SMILES string of the molecule is COC(=O)[C@H](Cc1cnc[nH]1)N(C)C(=O)CN(CCCc1ccccc1)CC(=O)O. The number of ether oxygens (including phenoxy) is 1. The van der Waals surface area contributed by atoms with Gasteiger partial charge in [0.1, 0.15) is 6.04 Å². The van der Waals surface area contributed by atoms with Crippen LogP contribution in [0, 0.1) is 0 Å². The molecule has 2 aromatic rings. The van der Waals surface area contributed by atoms with E-state index >= 15 is 0 Å². The van der Waals surface area contributed by atoms with Crippen LogP contribution in [0.15, 0.2) is 42.9 Å². The summed E-state index contributed by atoms with van der Waals surface area (Å²) >= 11 is 0. The molecule has 0 aliphatic carbocycles. The summed E-state index contributed by atoms with van der Waals surface area (Å²) in [4.78, 5) is 46.0. The molecule has 1 atom stereocenters. The smallest absolute Gasteiger partial charge is 0.328 e. The lowest BCUT2D eigenvalue weighted by molar-refractivity contribution is -0.152. The number of hydrogen-bond donors (Lipinski definition) is 2. The van der Waals surface area contributed by atoms with Gasteiger partial charge in [-0.05, 0) is 24.9 Å². The molecule has 9 nitrogen and oxygen atoms in total. The second-order valence-corrected chi connectivity index (χ2v) is 7.02. The Balaban J connectivity index is 1.98. The lowest BCUT2D eigenvalue weighted by Crippen LogP contribution is -2.49. The number of carbonyl (C=O) groups is 3. The van der Waals surface area contributed by atoms with Crippen LogP contribution in [-0.4, -0.2) is 82.6 Å². The molecule has 0 aliphatic rings. The van der Waals surface area contributed by atoms with Crippen molar-refractivity contribution in [2.75, 3.05) is 33.8 Å². The fourth-order valence-electron chi connectivity index (χ4n) is 3.15. The van der Waals surface area contributed by atoms with E-state index in [0.717, 1.165) is 12.0 Å². The normalized spacial score (nSPS) is 11.8. The van der Waals surface area contributed by atoms with E-state index in [2.05, 4.69) is 9.97 Å². The number of hydrogen-bond acceptors (Lipinski definition) is 6. The first-order valence-corrected chi connectivity index (χ1v) is 9.69. The number of esters is 1. The topological polar surface area (TPSA) is 116 Å². The minimum atomic E-state index is -1.01. The Morgan fingerprint density at radius 3 is 2.53 bits per heavy atom. The molecule has 0 saturated carbocycles. The number of aromatic amines is 1. The number of aliphatic carboxylic acids is 1. The second kappa shape index (κ2) is 11.7. The molecule has 1 aromatic carbocycles. The number of aromatic nitrogens is 2. The van der Waals surface area contributed by atoms with Gasteiger partial charge in [0.25, 0.3) is 0 Å². The number of nitrogens with one attached hydrogen (secondary N) is 1. The summed E-state index contributed by atoms with van der Waals surface area (Å²) in [7, 11) is 2.78. The number of imidazole rings is 1. The maximum absolute atomic E-state index is 12.8. The summed E-state index contributed by atoms with van der Waals surface area (Å²) in [5, 5.41) is 9.21. The minimum Gasteiger partial charge on any atom is -0.480 e. The molecule has 0 unspecified atom stereocenters. The Bertz CT molecular complexity index is 810. The van der Waals surface area contributed by atoms with Crippen molar-refractivity contribution in [3.8, 4) is 0 Å². The molecule has 0 aliphatic heterocycles. The average Bonchev–Trinajstić information content (AvgIpc) is 3.24. The van der Waals surface area contributed by atoms with Gasteiger partial charge >= 0.3 is 11.9 Å². The minimum absolute atomic E-state index is 0.103. The van der Waals surface area contributed by atoms with Gasteiger partial charge < -0.3 is 19.7 Å². The lowest BCUT2D eigenvalue weighted by atomic mass is 10.1. The zero-order chi connectivity index (χ0) is 21.9. The maximum atomic E-state index is 12.8. The number of rotatable bonds is 12. The quantitative estimate of drug-likeness (QED) is 0.495. The predicted octanol–water partition coefficient (Wildman–Crippen LogP) is 0.972. The van der Waals surface area contributed by atoms with Crippen LogP contribution < -0.4 is 0 Å². The van der Waals surface area contributed by atoms with E-state index in [0.29, 0.717) is 18.7 Å². The van der Waals surface area contributed by atoms with Crippen LogP contribution in [0.25, 0.3) is 0 Å². The zero-order valence-corrected chi connectivity index (χ0v) is 17.3. The van der Waals surface area contributed by atoms with Crippen molar-refractivity contribution in [1.82, 2.24) is 19.8 Å². The molecular weight excluding hydrogens is 388 g/mol. The third-order valence-electron chi connectivity index (χ3n) is 4.80. The standard InChI is InChI=1S/C21H28N4O5/c1-24(18(21(29)30-2)11-17-12-22-15-23-17)19(26)13-25(14-20(27)28)10-6-9-16-7-4-3-5-8-16/h3-5,7-8,12,15,18H,6,9-11,13-14H2,1-2H3,(H,22,23)(H,27,28)/t18-/m0/s1. The first-order valence-electron chi connectivity index (χ1n) is 9.69. The molecule has 0 saturated heterocycles. The molecule has 1 aromatic heterocycles. The predicted molar refractivity (Wildman–Crippen MR) is 110 cm³/mol. The Morgan fingerprint density at radius 1 is 1.20 bits per heavy atom. The van der Waals surface area contributed by atoms with Crippen molar-refractivity contribution in [1.29, 1.82) is 0 Å². The Labute approximate surface area is 175 Å². The van der Waals surface area contributed by atoms with Crippen molar-refractivity contribution in [2.24, 2.45) is 0 Å². The van der Waals surface area contributed by atoms with Crippen LogP contribution in [0.5, 0.6) is 0 Å². The van der Waals surface area contributed by atoms with Crippen molar-refractivity contribution < 1.29 is 24.2 Å². The highest BCUT2D eigenvalue weighted by Gasteiger charge is 2.29. The molecule has 2 rings (SSSR count). The van der Waals surface area contributed by atoms with Crippen LogP contribution >= 0.6 is 0 Å². The van der Waals surface area contributed by atoms with E-state index in [1.165, 1.54) is 25.4 Å². The number of likely N-dealkylation sites (N-methyl/N-ethyl adjacent to an activating group) is 1. The molecule has 162 valence electrons. The van der Waals surface area contributed by atoms with E-state index in [9.17, 15) is 19.5 Å². The number of amides is 1. The highest BCUT2D eigenvalue weighted by Crippen LogP contribution is 2.09. The maximum Gasteiger partial charge on any atom is 0.328 e. The van der Waals surface area contributed by atoms with E-state index < -0.39 is 18.0 Å². The van der Waals surface area contributed by atoms with Gasteiger partial charge in [-0.3, -0.25) is 14.5 Å². The number of carbonyl (C=O) groups excluding carboxylic acids is 2. The molecule has 30 heavy (non-hydrogen) atoms. The molecule has 1 amide bonds. The third kappa shape index (κ3) is 7.32. The lowest BCUT2D eigenvalue weighted by Gasteiger charge is -2.28. The Kier molecular flexibility index (Phi) is 9.02. The van der Waals surface area contributed by atoms with Gasteiger partial charge in [-0.2, -0.15) is 0 Å². The highest BCUT2D eigenvalue weighted by atomic mass is 16.5. The average molecular weight is 416 g/mol.